The van der Waals surface area contributed by atoms with Gasteiger partial charge in [0, 0.05) is 24.2 Å². The number of rotatable bonds is 4. The molecule has 2 rings (SSSR count). The number of nitrogens with zero attached hydrogens (tertiary/aromatic N) is 1. The zero-order valence-corrected chi connectivity index (χ0v) is 13.4. The van der Waals surface area contributed by atoms with Gasteiger partial charge in [-0.25, -0.2) is 0 Å². The van der Waals surface area contributed by atoms with E-state index in [4.69, 9.17) is 20.8 Å². The number of methoxy groups -OCH3 is 1. The monoisotopic (exact) mass is 357 g/mol. The summed E-state index contributed by atoms with van der Waals surface area (Å²) < 4.78 is 11.0. The molecule has 0 saturated heterocycles. The number of furan rings is 1. The molecule has 0 aliphatic heterocycles. The van der Waals surface area contributed by atoms with Gasteiger partial charge in [0.25, 0.3) is 5.91 Å². The molecule has 20 heavy (non-hydrogen) atoms. The summed E-state index contributed by atoms with van der Waals surface area (Å²) in [6.07, 6.45) is 0. The highest BCUT2D eigenvalue weighted by atomic mass is 79.9. The molecule has 0 radical (unpaired) electrons. The highest BCUT2D eigenvalue weighted by Gasteiger charge is 2.17. The number of benzene rings is 1. The van der Waals surface area contributed by atoms with Gasteiger partial charge in [0.15, 0.2) is 10.4 Å². The van der Waals surface area contributed by atoms with Crippen LogP contribution in [0.5, 0.6) is 5.75 Å². The Hall–Kier alpha value is -1.46. The van der Waals surface area contributed by atoms with Crippen molar-refractivity contribution in [2.24, 2.45) is 0 Å². The summed E-state index contributed by atoms with van der Waals surface area (Å²) in [6, 6.07) is 8.61. The first-order valence-corrected chi connectivity index (χ1v) is 7.01. The lowest BCUT2D eigenvalue weighted by atomic mass is 10.2. The second kappa shape index (κ2) is 6.33. The average molecular weight is 359 g/mol. The molecule has 0 aliphatic rings. The summed E-state index contributed by atoms with van der Waals surface area (Å²) in [4.78, 5) is 13.7. The molecule has 2 aromatic rings. The third-order valence-corrected chi connectivity index (χ3v) is 3.44. The van der Waals surface area contributed by atoms with Crippen LogP contribution in [0, 0.1) is 0 Å². The molecule has 1 aromatic heterocycles. The van der Waals surface area contributed by atoms with Crippen LogP contribution in [0.1, 0.15) is 16.1 Å². The molecule has 0 saturated carbocycles. The minimum absolute atomic E-state index is 0.210. The maximum atomic E-state index is 12.2. The lowest BCUT2D eigenvalue weighted by molar-refractivity contribution is 0.0751. The lowest BCUT2D eigenvalue weighted by Gasteiger charge is -2.18. The van der Waals surface area contributed by atoms with Gasteiger partial charge < -0.3 is 14.1 Å². The molecule has 106 valence electrons. The van der Waals surface area contributed by atoms with Crippen molar-refractivity contribution >= 4 is 33.4 Å². The first-order chi connectivity index (χ1) is 9.51. The quantitative estimate of drug-likeness (QED) is 0.830. The van der Waals surface area contributed by atoms with Gasteiger partial charge in [0.1, 0.15) is 5.75 Å². The van der Waals surface area contributed by atoms with Crippen molar-refractivity contribution in [2.45, 2.75) is 6.54 Å². The summed E-state index contributed by atoms with van der Waals surface area (Å²) in [6.45, 7) is 0.376. The normalized spacial score (nSPS) is 10.4. The van der Waals surface area contributed by atoms with E-state index in [9.17, 15) is 4.79 Å². The lowest BCUT2D eigenvalue weighted by Crippen LogP contribution is -2.26. The molecule has 0 N–H and O–H groups in total. The van der Waals surface area contributed by atoms with Gasteiger partial charge in [-0.05, 0) is 46.3 Å². The predicted molar refractivity (Wildman–Crippen MR) is 80.2 cm³/mol. The van der Waals surface area contributed by atoms with Crippen molar-refractivity contribution in [1.29, 1.82) is 0 Å². The number of hydrogen-bond acceptors (Lipinski definition) is 3. The van der Waals surface area contributed by atoms with Crippen molar-refractivity contribution in [3.05, 3.63) is 51.3 Å². The molecule has 0 aliphatic carbocycles. The maximum absolute atomic E-state index is 12.2. The fraction of sp³-hybridized carbons (Fsp3) is 0.214. The second-order valence-corrected chi connectivity index (χ2v) is 5.44. The third kappa shape index (κ3) is 3.35. The largest absolute Gasteiger partial charge is 0.496 e. The molecule has 0 unspecified atom stereocenters. The van der Waals surface area contributed by atoms with Gasteiger partial charge in [-0.2, -0.15) is 0 Å². The molecular weight excluding hydrogens is 346 g/mol. The minimum Gasteiger partial charge on any atom is -0.496 e. The van der Waals surface area contributed by atoms with Crippen molar-refractivity contribution in [3.63, 3.8) is 0 Å². The van der Waals surface area contributed by atoms with E-state index in [0.717, 1.165) is 5.56 Å². The van der Waals surface area contributed by atoms with Gasteiger partial charge in [-0.1, -0.05) is 11.6 Å². The van der Waals surface area contributed by atoms with Gasteiger partial charge in [0.2, 0.25) is 0 Å². The first-order valence-electron chi connectivity index (χ1n) is 5.84. The van der Waals surface area contributed by atoms with Gasteiger partial charge in [-0.3, -0.25) is 4.79 Å². The van der Waals surface area contributed by atoms with Crippen LogP contribution >= 0.6 is 27.5 Å². The Morgan fingerprint density at radius 1 is 1.40 bits per heavy atom. The highest BCUT2D eigenvalue weighted by molar-refractivity contribution is 9.10. The number of halogens is 2. The van der Waals surface area contributed by atoms with Crippen LogP contribution in [0.3, 0.4) is 0 Å². The smallest absolute Gasteiger partial charge is 0.289 e. The number of amides is 1. The Morgan fingerprint density at radius 2 is 2.15 bits per heavy atom. The van der Waals surface area contributed by atoms with E-state index in [1.165, 1.54) is 0 Å². The van der Waals surface area contributed by atoms with Crippen LogP contribution in [0.25, 0.3) is 0 Å². The first kappa shape index (κ1) is 14.9. The van der Waals surface area contributed by atoms with Crippen molar-refractivity contribution in [1.82, 2.24) is 4.90 Å². The fourth-order valence-corrected chi connectivity index (χ4v) is 2.32. The van der Waals surface area contributed by atoms with Crippen molar-refractivity contribution < 1.29 is 13.9 Å². The Balaban J connectivity index is 2.17. The van der Waals surface area contributed by atoms with Crippen LogP contribution < -0.4 is 4.74 Å². The second-order valence-electron chi connectivity index (χ2n) is 4.22. The molecule has 0 spiro atoms. The van der Waals surface area contributed by atoms with E-state index in [1.807, 2.05) is 0 Å². The number of carbonyl (C=O) groups is 1. The van der Waals surface area contributed by atoms with Crippen LogP contribution in [0.15, 0.2) is 39.4 Å². The van der Waals surface area contributed by atoms with E-state index in [2.05, 4.69) is 15.9 Å². The Bertz CT molecular complexity index is 627. The van der Waals surface area contributed by atoms with Crippen LogP contribution in [0.2, 0.25) is 5.02 Å². The van der Waals surface area contributed by atoms with E-state index in [0.29, 0.717) is 22.0 Å². The van der Waals surface area contributed by atoms with Gasteiger partial charge in [-0.15, -0.1) is 0 Å². The van der Waals surface area contributed by atoms with E-state index in [-0.39, 0.29) is 11.7 Å². The number of hydrogen-bond donors (Lipinski definition) is 0. The maximum Gasteiger partial charge on any atom is 0.289 e. The number of carbonyl (C=O) groups excluding carboxylic acids is 1. The van der Waals surface area contributed by atoms with Crippen molar-refractivity contribution in [3.8, 4) is 5.75 Å². The Kier molecular flexibility index (Phi) is 4.73. The molecule has 0 bridgehead atoms. The summed E-state index contributed by atoms with van der Waals surface area (Å²) in [7, 11) is 3.28. The van der Waals surface area contributed by atoms with Crippen LogP contribution in [0.4, 0.5) is 0 Å². The predicted octanol–water partition coefficient (Wildman–Crippen LogP) is 3.98. The molecule has 1 heterocycles. The SMILES string of the molecule is COc1ccc(Cl)cc1CN(C)C(=O)c1ccc(Br)o1. The molecule has 6 heteroatoms. The van der Waals surface area contributed by atoms with Crippen molar-refractivity contribution in [2.75, 3.05) is 14.2 Å². The molecule has 1 amide bonds. The third-order valence-electron chi connectivity index (χ3n) is 2.78. The van der Waals surface area contributed by atoms with Crippen LogP contribution in [-0.4, -0.2) is 25.0 Å². The Labute approximate surface area is 130 Å². The fourth-order valence-electron chi connectivity index (χ4n) is 1.82. The summed E-state index contributed by atoms with van der Waals surface area (Å²) in [5.74, 6) is 0.757. The molecule has 0 atom stereocenters. The van der Waals surface area contributed by atoms with E-state index >= 15 is 0 Å². The number of ether oxygens (including phenoxy) is 1. The molecule has 4 nitrogen and oxygen atoms in total. The van der Waals surface area contributed by atoms with E-state index in [1.54, 1.807) is 49.4 Å². The zero-order valence-electron chi connectivity index (χ0n) is 11.0. The summed E-state index contributed by atoms with van der Waals surface area (Å²) in [5.41, 5.74) is 0.835. The molecule has 0 fully saturated rings. The minimum atomic E-state index is -0.210. The van der Waals surface area contributed by atoms with Crippen LogP contribution in [-0.2, 0) is 6.54 Å². The molecule has 1 aromatic carbocycles. The Morgan fingerprint density at radius 3 is 2.75 bits per heavy atom. The summed E-state index contributed by atoms with van der Waals surface area (Å²) >= 11 is 9.15. The zero-order chi connectivity index (χ0) is 14.7. The standard InChI is InChI=1S/C14H13BrClNO3/c1-17(14(18)12-5-6-13(15)20-12)8-9-7-10(16)3-4-11(9)19-2/h3-7H,8H2,1-2H3. The highest BCUT2D eigenvalue weighted by Crippen LogP contribution is 2.24. The van der Waals surface area contributed by atoms with E-state index < -0.39 is 0 Å². The van der Waals surface area contributed by atoms with Gasteiger partial charge in [0.05, 0.1) is 7.11 Å². The average Bonchev–Trinajstić information content (AvgIpc) is 2.84. The summed E-state index contributed by atoms with van der Waals surface area (Å²) in [5, 5.41) is 0.599. The topological polar surface area (TPSA) is 42.7 Å². The molecular formula is C14H13BrClNO3. The van der Waals surface area contributed by atoms with Gasteiger partial charge >= 0.3 is 0 Å².